The van der Waals surface area contributed by atoms with Gasteiger partial charge in [0, 0.05) is 11.8 Å². The molecule has 0 fully saturated rings. The lowest BCUT2D eigenvalue weighted by Gasteiger charge is -2.07. The predicted molar refractivity (Wildman–Crippen MR) is 50.1 cm³/mol. The minimum absolute atomic E-state index is 0.0585. The van der Waals surface area contributed by atoms with E-state index >= 15 is 0 Å². The third-order valence-corrected chi connectivity index (χ3v) is 2.07. The van der Waals surface area contributed by atoms with Crippen molar-refractivity contribution in [2.45, 2.75) is 18.7 Å². The van der Waals surface area contributed by atoms with Crippen LogP contribution in [0.1, 0.15) is 23.2 Å². The highest BCUT2D eigenvalue weighted by Crippen LogP contribution is 2.23. The van der Waals surface area contributed by atoms with Gasteiger partial charge in [-0.2, -0.15) is 0 Å². The van der Waals surface area contributed by atoms with Gasteiger partial charge in [0.05, 0.1) is 18.0 Å². The van der Waals surface area contributed by atoms with Crippen molar-refractivity contribution in [1.29, 1.82) is 0 Å². The number of rotatable bonds is 4. The van der Waals surface area contributed by atoms with Crippen LogP contribution in [0.15, 0.2) is 12.3 Å². The summed E-state index contributed by atoms with van der Waals surface area (Å²) >= 11 is 5.47. The highest BCUT2D eigenvalue weighted by atomic mass is 35.5. The summed E-state index contributed by atoms with van der Waals surface area (Å²) < 4.78 is 24.9. The Balaban J connectivity index is 3.10. The third kappa shape index (κ3) is 3.13. The zero-order valence-corrected chi connectivity index (χ0v) is 8.34. The fourth-order valence-corrected chi connectivity index (χ4v) is 1.29. The number of carboxylic acid groups (broad SMARTS) is 1. The van der Waals surface area contributed by atoms with Gasteiger partial charge in [0.25, 0.3) is 6.43 Å². The van der Waals surface area contributed by atoms with Crippen molar-refractivity contribution in [2.24, 2.45) is 0 Å². The van der Waals surface area contributed by atoms with Crippen LogP contribution < -0.4 is 0 Å². The van der Waals surface area contributed by atoms with Gasteiger partial charge < -0.3 is 5.11 Å². The molecule has 0 aliphatic rings. The fourth-order valence-electron chi connectivity index (χ4n) is 1.14. The predicted octanol–water partition coefficient (Wildman–Crippen LogP) is 2.39. The van der Waals surface area contributed by atoms with E-state index in [1.807, 2.05) is 0 Å². The fraction of sp³-hybridized carbons (Fsp3) is 0.333. The number of aromatic nitrogens is 1. The summed E-state index contributed by atoms with van der Waals surface area (Å²) in [6.45, 7) is 0. The minimum Gasteiger partial charge on any atom is -0.481 e. The van der Waals surface area contributed by atoms with E-state index in [0.29, 0.717) is 5.69 Å². The Bertz CT molecular complexity index is 371. The molecule has 0 aliphatic carbocycles. The van der Waals surface area contributed by atoms with Crippen molar-refractivity contribution in [3.8, 4) is 0 Å². The molecule has 0 saturated carbocycles. The van der Waals surface area contributed by atoms with Gasteiger partial charge in [-0.05, 0) is 11.6 Å². The summed E-state index contributed by atoms with van der Waals surface area (Å²) in [5.74, 6) is -1.10. The number of alkyl halides is 3. The molecular formula is C9H8ClF2NO2. The molecule has 0 radical (unpaired) electrons. The topological polar surface area (TPSA) is 50.2 Å². The molecule has 82 valence electrons. The molecule has 1 rings (SSSR count). The normalized spacial score (nSPS) is 10.7. The summed E-state index contributed by atoms with van der Waals surface area (Å²) in [5.41, 5.74) is 0.0896. The molecule has 0 aliphatic heterocycles. The molecular weight excluding hydrogens is 228 g/mol. The van der Waals surface area contributed by atoms with Gasteiger partial charge in [-0.15, -0.1) is 11.6 Å². The molecule has 0 unspecified atom stereocenters. The maximum Gasteiger partial charge on any atom is 0.307 e. The summed E-state index contributed by atoms with van der Waals surface area (Å²) in [7, 11) is 0. The van der Waals surface area contributed by atoms with Gasteiger partial charge in [0.15, 0.2) is 0 Å². The van der Waals surface area contributed by atoms with Crippen molar-refractivity contribution in [3.05, 3.63) is 29.1 Å². The van der Waals surface area contributed by atoms with E-state index in [1.165, 1.54) is 6.07 Å². The number of halogens is 3. The van der Waals surface area contributed by atoms with E-state index in [4.69, 9.17) is 16.7 Å². The number of carbonyl (C=O) groups is 1. The van der Waals surface area contributed by atoms with Gasteiger partial charge in [-0.3, -0.25) is 9.78 Å². The Morgan fingerprint density at radius 1 is 1.60 bits per heavy atom. The number of hydrogen-bond acceptors (Lipinski definition) is 2. The molecule has 0 aromatic carbocycles. The van der Waals surface area contributed by atoms with Crippen LogP contribution >= 0.6 is 11.6 Å². The highest BCUT2D eigenvalue weighted by Gasteiger charge is 2.16. The second kappa shape index (κ2) is 5.02. The summed E-state index contributed by atoms with van der Waals surface area (Å²) in [6.07, 6.45) is -2.21. The first-order valence-corrected chi connectivity index (χ1v) is 4.61. The van der Waals surface area contributed by atoms with Crippen molar-refractivity contribution < 1.29 is 18.7 Å². The quantitative estimate of drug-likeness (QED) is 0.816. The van der Waals surface area contributed by atoms with Crippen molar-refractivity contribution in [3.63, 3.8) is 0 Å². The van der Waals surface area contributed by atoms with Crippen LogP contribution in [0, 0.1) is 0 Å². The van der Waals surface area contributed by atoms with E-state index in [-0.39, 0.29) is 17.0 Å². The first kappa shape index (κ1) is 11.8. The van der Waals surface area contributed by atoms with Gasteiger partial charge >= 0.3 is 5.97 Å². The molecule has 1 aromatic heterocycles. The molecule has 0 amide bonds. The van der Waals surface area contributed by atoms with E-state index in [2.05, 4.69) is 4.98 Å². The van der Waals surface area contributed by atoms with Crippen LogP contribution in [0.2, 0.25) is 0 Å². The van der Waals surface area contributed by atoms with Crippen LogP contribution in [-0.4, -0.2) is 16.1 Å². The molecule has 1 aromatic rings. The lowest BCUT2D eigenvalue weighted by atomic mass is 10.1. The van der Waals surface area contributed by atoms with E-state index in [9.17, 15) is 13.6 Å². The first-order valence-electron chi connectivity index (χ1n) is 4.08. The summed E-state index contributed by atoms with van der Waals surface area (Å²) in [4.78, 5) is 14.1. The van der Waals surface area contributed by atoms with Crippen molar-refractivity contribution in [2.75, 3.05) is 0 Å². The molecule has 0 spiro atoms. The maximum absolute atomic E-state index is 12.4. The number of carboxylic acids is 1. The Labute approximate surface area is 89.7 Å². The highest BCUT2D eigenvalue weighted by molar-refractivity contribution is 6.16. The third-order valence-electron chi connectivity index (χ3n) is 1.79. The van der Waals surface area contributed by atoms with Gasteiger partial charge in [-0.25, -0.2) is 8.78 Å². The molecule has 1 heterocycles. The lowest BCUT2D eigenvalue weighted by molar-refractivity contribution is -0.136. The van der Waals surface area contributed by atoms with E-state index in [0.717, 1.165) is 6.20 Å². The first-order chi connectivity index (χ1) is 7.04. The largest absolute Gasteiger partial charge is 0.481 e. The second-order valence-corrected chi connectivity index (χ2v) is 3.15. The molecule has 0 atom stereocenters. The molecule has 1 N–H and O–H groups in total. The zero-order valence-electron chi connectivity index (χ0n) is 7.58. The van der Waals surface area contributed by atoms with Crippen LogP contribution in [0.3, 0.4) is 0 Å². The molecule has 15 heavy (non-hydrogen) atoms. The van der Waals surface area contributed by atoms with E-state index in [1.54, 1.807) is 0 Å². The van der Waals surface area contributed by atoms with Crippen molar-refractivity contribution in [1.82, 2.24) is 4.98 Å². The Hall–Kier alpha value is -1.23. The molecule has 0 bridgehead atoms. The number of nitrogens with zero attached hydrogens (tertiary/aromatic N) is 1. The molecule has 6 heteroatoms. The molecule has 3 nitrogen and oxygen atoms in total. The lowest BCUT2D eigenvalue weighted by Crippen LogP contribution is -2.06. The average Bonchev–Trinajstić information content (AvgIpc) is 2.16. The standard InChI is InChI=1S/C9H8ClF2NO2/c10-3-6-1-5(2-8(14)15)7(4-13-6)9(11)12/h1,4,9H,2-3H2,(H,14,15). The average molecular weight is 236 g/mol. The minimum atomic E-state index is -2.73. The van der Waals surface area contributed by atoms with Crippen LogP contribution in [0.25, 0.3) is 0 Å². The van der Waals surface area contributed by atoms with Gasteiger partial charge in [0.2, 0.25) is 0 Å². The number of aliphatic carboxylic acids is 1. The Morgan fingerprint density at radius 2 is 2.27 bits per heavy atom. The van der Waals surface area contributed by atoms with Gasteiger partial charge in [-0.1, -0.05) is 0 Å². The second-order valence-electron chi connectivity index (χ2n) is 2.88. The molecule has 0 saturated heterocycles. The SMILES string of the molecule is O=C(O)Cc1cc(CCl)ncc1C(F)F. The van der Waals surface area contributed by atoms with Crippen LogP contribution in [-0.2, 0) is 17.1 Å². The number of pyridine rings is 1. The van der Waals surface area contributed by atoms with Crippen molar-refractivity contribution >= 4 is 17.6 Å². The number of hydrogen-bond donors (Lipinski definition) is 1. The summed E-state index contributed by atoms with van der Waals surface area (Å²) in [5, 5.41) is 8.54. The van der Waals surface area contributed by atoms with Crippen LogP contribution in [0.5, 0.6) is 0 Å². The zero-order chi connectivity index (χ0) is 11.4. The monoisotopic (exact) mass is 235 g/mol. The smallest absolute Gasteiger partial charge is 0.307 e. The van der Waals surface area contributed by atoms with Crippen LogP contribution in [0.4, 0.5) is 8.78 Å². The summed E-state index contributed by atoms with van der Waals surface area (Å²) in [6, 6.07) is 1.29. The Morgan fingerprint density at radius 3 is 2.73 bits per heavy atom. The maximum atomic E-state index is 12.4. The Kier molecular flexibility index (Phi) is 3.96. The van der Waals surface area contributed by atoms with E-state index < -0.39 is 18.8 Å². The van der Waals surface area contributed by atoms with Gasteiger partial charge in [0.1, 0.15) is 0 Å².